The van der Waals surface area contributed by atoms with Crippen molar-refractivity contribution < 1.29 is 4.74 Å². The molecular weight excluding hydrogens is 214 g/mol. The van der Waals surface area contributed by atoms with Gasteiger partial charge >= 0.3 is 0 Å². The highest BCUT2D eigenvalue weighted by Crippen LogP contribution is 2.20. The van der Waals surface area contributed by atoms with Crippen LogP contribution in [0, 0.1) is 0 Å². The van der Waals surface area contributed by atoms with Crippen molar-refractivity contribution in [2.24, 2.45) is 5.73 Å². The lowest BCUT2D eigenvalue weighted by Gasteiger charge is -2.16. The molecule has 17 heavy (non-hydrogen) atoms. The molecule has 1 fully saturated rings. The van der Waals surface area contributed by atoms with Crippen LogP contribution < -0.4 is 10.5 Å². The van der Waals surface area contributed by atoms with Crippen LogP contribution in [0.1, 0.15) is 31.4 Å². The largest absolute Gasteiger partial charge is 0.476 e. The summed E-state index contributed by atoms with van der Waals surface area (Å²) in [5.74, 6) is 0.682. The first-order chi connectivity index (χ1) is 8.27. The summed E-state index contributed by atoms with van der Waals surface area (Å²) in [7, 11) is 0. The maximum Gasteiger partial charge on any atom is 0.218 e. The number of pyridine rings is 1. The Hall–Kier alpha value is -1.13. The highest BCUT2D eigenvalue weighted by Gasteiger charge is 2.12. The predicted molar refractivity (Wildman–Crippen MR) is 68.0 cm³/mol. The molecule has 1 aromatic rings. The third-order valence-corrected chi connectivity index (χ3v) is 3.14. The fourth-order valence-corrected chi connectivity index (χ4v) is 2.15. The molecule has 2 rings (SSSR count). The quantitative estimate of drug-likeness (QED) is 0.841. The number of ether oxygens (including phenoxy) is 1. The van der Waals surface area contributed by atoms with Crippen molar-refractivity contribution in [1.82, 2.24) is 9.88 Å². The fraction of sp³-hybridized carbons (Fsp3) is 0.615. The van der Waals surface area contributed by atoms with Gasteiger partial charge in [0.2, 0.25) is 5.88 Å². The van der Waals surface area contributed by atoms with Gasteiger partial charge in [0.05, 0.1) is 0 Å². The van der Waals surface area contributed by atoms with Gasteiger partial charge in [-0.2, -0.15) is 0 Å². The predicted octanol–water partition coefficient (Wildman–Crippen LogP) is 1.58. The zero-order chi connectivity index (χ0) is 12.1. The minimum Gasteiger partial charge on any atom is -0.476 e. The Bertz CT molecular complexity index is 348. The van der Waals surface area contributed by atoms with E-state index in [-0.39, 0.29) is 6.04 Å². The fourth-order valence-electron chi connectivity index (χ4n) is 2.15. The Labute approximate surface area is 103 Å². The highest BCUT2D eigenvalue weighted by atomic mass is 16.5. The van der Waals surface area contributed by atoms with Gasteiger partial charge in [0.25, 0.3) is 0 Å². The van der Waals surface area contributed by atoms with Crippen molar-refractivity contribution in [2.75, 3.05) is 26.2 Å². The normalized spacial score (nSPS) is 18.2. The Morgan fingerprint density at radius 2 is 2.24 bits per heavy atom. The van der Waals surface area contributed by atoms with Gasteiger partial charge in [0.1, 0.15) is 6.61 Å². The van der Waals surface area contributed by atoms with Crippen molar-refractivity contribution in [2.45, 2.75) is 25.8 Å². The molecule has 1 saturated heterocycles. The van der Waals surface area contributed by atoms with Crippen LogP contribution in [0.5, 0.6) is 5.88 Å². The van der Waals surface area contributed by atoms with Crippen molar-refractivity contribution in [3.63, 3.8) is 0 Å². The molecule has 0 amide bonds. The number of aromatic nitrogens is 1. The first-order valence-electron chi connectivity index (χ1n) is 6.33. The summed E-state index contributed by atoms with van der Waals surface area (Å²) in [6, 6.07) is 3.83. The Kier molecular flexibility index (Phi) is 4.34. The molecule has 1 aliphatic heterocycles. The van der Waals surface area contributed by atoms with E-state index in [9.17, 15) is 0 Å². The summed E-state index contributed by atoms with van der Waals surface area (Å²) >= 11 is 0. The summed E-state index contributed by atoms with van der Waals surface area (Å²) in [5, 5.41) is 0. The third-order valence-electron chi connectivity index (χ3n) is 3.14. The third kappa shape index (κ3) is 3.41. The monoisotopic (exact) mass is 235 g/mol. The minimum absolute atomic E-state index is 0.0366. The summed E-state index contributed by atoms with van der Waals surface area (Å²) in [4.78, 5) is 6.67. The van der Waals surface area contributed by atoms with Crippen LogP contribution >= 0.6 is 0 Å². The second kappa shape index (κ2) is 5.98. The topological polar surface area (TPSA) is 51.4 Å². The second-order valence-electron chi connectivity index (χ2n) is 4.58. The molecule has 1 aliphatic rings. The van der Waals surface area contributed by atoms with E-state index in [1.54, 1.807) is 6.20 Å². The second-order valence-corrected chi connectivity index (χ2v) is 4.58. The molecule has 0 saturated carbocycles. The Morgan fingerprint density at radius 1 is 1.47 bits per heavy atom. The van der Waals surface area contributed by atoms with Crippen molar-refractivity contribution in [3.8, 4) is 5.88 Å². The molecule has 0 bridgehead atoms. The van der Waals surface area contributed by atoms with Crippen LogP contribution in [0.3, 0.4) is 0 Å². The smallest absolute Gasteiger partial charge is 0.218 e. The van der Waals surface area contributed by atoms with E-state index in [0.29, 0.717) is 12.5 Å². The van der Waals surface area contributed by atoms with Crippen LogP contribution in [-0.4, -0.2) is 36.1 Å². The van der Waals surface area contributed by atoms with Crippen LogP contribution in [0.15, 0.2) is 18.3 Å². The van der Waals surface area contributed by atoms with E-state index in [1.165, 1.54) is 25.9 Å². The first kappa shape index (κ1) is 12.3. The van der Waals surface area contributed by atoms with Crippen LogP contribution in [0.4, 0.5) is 0 Å². The number of hydrogen-bond donors (Lipinski definition) is 1. The lowest BCUT2D eigenvalue weighted by atomic mass is 10.1. The van der Waals surface area contributed by atoms with Gasteiger partial charge in [-0.25, -0.2) is 4.98 Å². The lowest BCUT2D eigenvalue weighted by molar-refractivity contribution is 0.229. The molecule has 0 radical (unpaired) electrons. The maximum absolute atomic E-state index is 5.88. The summed E-state index contributed by atoms with van der Waals surface area (Å²) in [5.41, 5.74) is 6.86. The highest BCUT2D eigenvalue weighted by molar-refractivity contribution is 5.28. The molecule has 1 atom stereocenters. The summed E-state index contributed by atoms with van der Waals surface area (Å²) in [6.45, 7) is 6.02. The molecule has 2 heterocycles. The van der Waals surface area contributed by atoms with Gasteiger partial charge in [0, 0.05) is 24.3 Å². The van der Waals surface area contributed by atoms with Crippen molar-refractivity contribution in [1.29, 1.82) is 0 Å². The van der Waals surface area contributed by atoms with E-state index >= 15 is 0 Å². The molecule has 94 valence electrons. The summed E-state index contributed by atoms with van der Waals surface area (Å²) < 4.78 is 5.73. The number of hydrogen-bond acceptors (Lipinski definition) is 4. The molecule has 0 unspecified atom stereocenters. The zero-order valence-electron chi connectivity index (χ0n) is 10.4. The molecule has 1 aromatic heterocycles. The zero-order valence-corrected chi connectivity index (χ0v) is 10.4. The van der Waals surface area contributed by atoms with E-state index in [2.05, 4.69) is 9.88 Å². The van der Waals surface area contributed by atoms with E-state index < -0.39 is 0 Å². The number of nitrogens with two attached hydrogens (primary N) is 1. The Balaban J connectivity index is 1.85. The molecule has 4 nitrogen and oxygen atoms in total. The van der Waals surface area contributed by atoms with Gasteiger partial charge < -0.3 is 10.5 Å². The first-order valence-corrected chi connectivity index (χ1v) is 6.33. The molecule has 2 N–H and O–H groups in total. The van der Waals surface area contributed by atoms with Crippen molar-refractivity contribution in [3.05, 3.63) is 23.9 Å². The molecule has 0 aromatic carbocycles. The molecule has 0 aliphatic carbocycles. The van der Waals surface area contributed by atoms with Gasteiger partial charge in [-0.05, 0) is 38.9 Å². The number of rotatable bonds is 5. The van der Waals surface area contributed by atoms with E-state index in [1.807, 2.05) is 19.1 Å². The van der Waals surface area contributed by atoms with Gasteiger partial charge in [-0.15, -0.1) is 0 Å². The molecular formula is C13H21N3O. The SMILES string of the molecule is C[C@H](N)c1cccnc1OCCN1CCCC1. The number of likely N-dealkylation sites (tertiary alicyclic amines) is 1. The van der Waals surface area contributed by atoms with Crippen LogP contribution in [0.2, 0.25) is 0 Å². The van der Waals surface area contributed by atoms with E-state index in [0.717, 1.165) is 12.1 Å². The minimum atomic E-state index is -0.0366. The average Bonchev–Trinajstić information content (AvgIpc) is 2.82. The van der Waals surface area contributed by atoms with Crippen molar-refractivity contribution >= 4 is 0 Å². The van der Waals surface area contributed by atoms with E-state index in [4.69, 9.17) is 10.5 Å². The van der Waals surface area contributed by atoms with Crippen LogP contribution in [-0.2, 0) is 0 Å². The summed E-state index contributed by atoms with van der Waals surface area (Å²) in [6.07, 6.45) is 4.38. The number of nitrogens with zero attached hydrogens (tertiary/aromatic N) is 2. The van der Waals surface area contributed by atoms with Crippen LogP contribution in [0.25, 0.3) is 0 Å². The molecule has 0 spiro atoms. The van der Waals surface area contributed by atoms with Gasteiger partial charge in [-0.1, -0.05) is 6.07 Å². The lowest BCUT2D eigenvalue weighted by Crippen LogP contribution is -2.25. The maximum atomic E-state index is 5.88. The molecule has 4 heteroatoms. The Morgan fingerprint density at radius 3 is 2.94 bits per heavy atom. The van der Waals surface area contributed by atoms with Gasteiger partial charge in [-0.3, -0.25) is 4.90 Å². The standard InChI is InChI=1S/C13H21N3O/c1-11(14)12-5-4-6-15-13(12)17-10-9-16-7-2-3-8-16/h4-6,11H,2-3,7-10,14H2,1H3/t11-/m0/s1. The van der Waals surface area contributed by atoms with Gasteiger partial charge in [0.15, 0.2) is 0 Å². The average molecular weight is 235 g/mol.